The van der Waals surface area contributed by atoms with E-state index in [1.807, 2.05) is 12.1 Å². The van der Waals surface area contributed by atoms with Crippen molar-refractivity contribution in [1.29, 1.82) is 0 Å². The third-order valence-electron chi connectivity index (χ3n) is 4.97. The SMILES string of the molecule is COc1ccc(/C=C/C2CCCC(/C=C/C(C)CCC(C)C)N2)cc1. The number of methoxy groups -OCH3 is 1. The van der Waals surface area contributed by atoms with Gasteiger partial charge in [-0.05, 0) is 55.2 Å². The molecule has 2 nitrogen and oxygen atoms in total. The van der Waals surface area contributed by atoms with Gasteiger partial charge < -0.3 is 10.1 Å². The Hall–Kier alpha value is -1.54. The third kappa shape index (κ3) is 7.48. The normalized spacial score (nSPS) is 22.8. The zero-order valence-corrected chi connectivity index (χ0v) is 16.4. The Morgan fingerprint density at radius 3 is 2.36 bits per heavy atom. The molecular formula is C23H35NO. The Kier molecular flexibility index (Phi) is 8.27. The van der Waals surface area contributed by atoms with Gasteiger partial charge >= 0.3 is 0 Å². The first-order valence-electron chi connectivity index (χ1n) is 9.83. The minimum absolute atomic E-state index is 0.469. The maximum absolute atomic E-state index is 5.21. The van der Waals surface area contributed by atoms with Crippen LogP contribution in [-0.4, -0.2) is 19.2 Å². The molecule has 0 aliphatic carbocycles. The smallest absolute Gasteiger partial charge is 0.118 e. The summed E-state index contributed by atoms with van der Waals surface area (Å²) >= 11 is 0. The molecule has 1 heterocycles. The maximum atomic E-state index is 5.21. The monoisotopic (exact) mass is 341 g/mol. The molecule has 1 aliphatic heterocycles. The fourth-order valence-corrected chi connectivity index (χ4v) is 3.26. The van der Waals surface area contributed by atoms with E-state index >= 15 is 0 Å². The number of benzene rings is 1. The van der Waals surface area contributed by atoms with Gasteiger partial charge in [0.15, 0.2) is 0 Å². The Labute approximate surface area is 154 Å². The van der Waals surface area contributed by atoms with Crippen molar-refractivity contribution in [2.45, 2.75) is 65.0 Å². The van der Waals surface area contributed by atoms with Crippen LogP contribution in [0.4, 0.5) is 0 Å². The molecule has 2 rings (SSSR count). The lowest BCUT2D eigenvalue weighted by molar-refractivity contribution is 0.398. The molecule has 25 heavy (non-hydrogen) atoms. The molecule has 0 radical (unpaired) electrons. The number of rotatable bonds is 8. The lowest BCUT2D eigenvalue weighted by atomic mass is 9.95. The van der Waals surface area contributed by atoms with Crippen molar-refractivity contribution in [2.75, 3.05) is 7.11 Å². The number of allylic oxidation sites excluding steroid dienone is 1. The first-order chi connectivity index (χ1) is 12.1. The molecular weight excluding hydrogens is 306 g/mol. The lowest BCUT2D eigenvalue weighted by Crippen LogP contribution is -2.39. The molecule has 1 fully saturated rings. The molecule has 2 heteroatoms. The van der Waals surface area contributed by atoms with Crippen molar-refractivity contribution in [2.24, 2.45) is 11.8 Å². The standard InChI is InChI=1S/C23H35NO/c1-18(2)8-9-19(3)10-14-21-6-5-7-22(24-21)15-11-20-12-16-23(25-4)17-13-20/h10-19,21-22,24H,5-9H2,1-4H3/b14-10+,15-11+. The topological polar surface area (TPSA) is 21.3 Å². The van der Waals surface area contributed by atoms with Gasteiger partial charge in [0.1, 0.15) is 5.75 Å². The molecule has 0 bridgehead atoms. The van der Waals surface area contributed by atoms with Crippen LogP contribution in [0.2, 0.25) is 0 Å². The predicted octanol–water partition coefficient (Wildman–Crippen LogP) is 5.85. The summed E-state index contributed by atoms with van der Waals surface area (Å²) in [6.07, 6.45) is 15.7. The fourth-order valence-electron chi connectivity index (χ4n) is 3.26. The molecule has 3 unspecified atom stereocenters. The molecule has 1 aromatic carbocycles. The minimum Gasteiger partial charge on any atom is -0.497 e. The Morgan fingerprint density at radius 1 is 1.04 bits per heavy atom. The van der Waals surface area contributed by atoms with E-state index in [9.17, 15) is 0 Å². The van der Waals surface area contributed by atoms with E-state index in [2.05, 4.69) is 62.5 Å². The Morgan fingerprint density at radius 2 is 1.72 bits per heavy atom. The summed E-state index contributed by atoms with van der Waals surface area (Å²) in [5, 5.41) is 3.77. The van der Waals surface area contributed by atoms with E-state index in [-0.39, 0.29) is 0 Å². The van der Waals surface area contributed by atoms with Crippen molar-refractivity contribution in [1.82, 2.24) is 5.32 Å². The number of ether oxygens (including phenoxy) is 1. The van der Waals surface area contributed by atoms with Crippen LogP contribution < -0.4 is 10.1 Å². The van der Waals surface area contributed by atoms with Gasteiger partial charge in [0.05, 0.1) is 7.11 Å². The first kappa shape index (κ1) is 19.8. The maximum Gasteiger partial charge on any atom is 0.118 e. The van der Waals surface area contributed by atoms with E-state index in [0.29, 0.717) is 18.0 Å². The van der Waals surface area contributed by atoms with E-state index in [1.165, 1.54) is 37.7 Å². The first-order valence-corrected chi connectivity index (χ1v) is 9.83. The minimum atomic E-state index is 0.469. The molecule has 1 aromatic rings. The third-order valence-corrected chi connectivity index (χ3v) is 4.97. The summed E-state index contributed by atoms with van der Waals surface area (Å²) in [6, 6.07) is 9.21. The fraction of sp³-hybridized carbons (Fsp3) is 0.565. The van der Waals surface area contributed by atoms with E-state index < -0.39 is 0 Å². The van der Waals surface area contributed by atoms with Crippen LogP contribution in [0, 0.1) is 11.8 Å². The van der Waals surface area contributed by atoms with Crippen LogP contribution in [0.25, 0.3) is 6.08 Å². The van der Waals surface area contributed by atoms with Crippen LogP contribution in [0.3, 0.4) is 0 Å². The summed E-state index contributed by atoms with van der Waals surface area (Å²) in [5.41, 5.74) is 1.22. The summed E-state index contributed by atoms with van der Waals surface area (Å²) in [5.74, 6) is 2.39. The summed E-state index contributed by atoms with van der Waals surface area (Å²) in [4.78, 5) is 0. The molecule has 0 saturated carbocycles. The number of piperidine rings is 1. The summed E-state index contributed by atoms with van der Waals surface area (Å²) in [6.45, 7) is 6.94. The Bertz CT molecular complexity index is 544. The average molecular weight is 342 g/mol. The van der Waals surface area contributed by atoms with Gasteiger partial charge in [-0.1, -0.05) is 63.6 Å². The number of hydrogen-bond acceptors (Lipinski definition) is 2. The molecule has 3 atom stereocenters. The van der Waals surface area contributed by atoms with Gasteiger partial charge in [-0.15, -0.1) is 0 Å². The highest BCUT2D eigenvalue weighted by molar-refractivity contribution is 5.51. The van der Waals surface area contributed by atoms with E-state index in [0.717, 1.165) is 11.7 Å². The van der Waals surface area contributed by atoms with Crippen LogP contribution in [0.15, 0.2) is 42.5 Å². The number of hydrogen-bond donors (Lipinski definition) is 1. The quantitative estimate of drug-likeness (QED) is 0.599. The van der Waals surface area contributed by atoms with Crippen molar-refractivity contribution in [3.8, 4) is 5.75 Å². The average Bonchev–Trinajstić information content (AvgIpc) is 2.63. The Balaban J connectivity index is 1.82. The molecule has 0 spiro atoms. The van der Waals surface area contributed by atoms with Crippen LogP contribution in [0.1, 0.15) is 58.4 Å². The molecule has 0 amide bonds. The van der Waals surface area contributed by atoms with Gasteiger partial charge in [-0.2, -0.15) is 0 Å². The highest BCUT2D eigenvalue weighted by Crippen LogP contribution is 2.19. The zero-order valence-electron chi connectivity index (χ0n) is 16.4. The largest absolute Gasteiger partial charge is 0.497 e. The van der Waals surface area contributed by atoms with Gasteiger partial charge in [-0.3, -0.25) is 0 Å². The highest BCUT2D eigenvalue weighted by Gasteiger charge is 2.16. The van der Waals surface area contributed by atoms with Crippen molar-refractivity contribution in [3.63, 3.8) is 0 Å². The van der Waals surface area contributed by atoms with Crippen molar-refractivity contribution in [3.05, 3.63) is 48.1 Å². The second-order valence-electron chi connectivity index (χ2n) is 7.78. The predicted molar refractivity (Wildman–Crippen MR) is 109 cm³/mol. The van der Waals surface area contributed by atoms with Crippen molar-refractivity contribution >= 4 is 6.08 Å². The summed E-state index contributed by atoms with van der Waals surface area (Å²) < 4.78 is 5.21. The molecule has 0 aromatic heterocycles. The highest BCUT2D eigenvalue weighted by atomic mass is 16.5. The van der Waals surface area contributed by atoms with Crippen LogP contribution >= 0.6 is 0 Å². The second kappa shape index (κ2) is 10.5. The molecule has 1 saturated heterocycles. The van der Waals surface area contributed by atoms with Gasteiger partial charge in [0.2, 0.25) is 0 Å². The van der Waals surface area contributed by atoms with Gasteiger partial charge in [-0.25, -0.2) is 0 Å². The second-order valence-corrected chi connectivity index (χ2v) is 7.78. The molecule has 138 valence electrons. The number of nitrogens with one attached hydrogen (secondary N) is 1. The van der Waals surface area contributed by atoms with E-state index in [4.69, 9.17) is 4.74 Å². The zero-order chi connectivity index (χ0) is 18.1. The van der Waals surface area contributed by atoms with Crippen molar-refractivity contribution < 1.29 is 4.74 Å². The van der Waals surface area contributed by atoms with Crippen LogP contribution in [0.5, 0.6) is 5.75 Å². The lowest BCUT2D eigenvalue weighted by Gasteiger charge is -2.27. The van der Waals surface area contributed by atoms with Gasteiger partial charge in [0.25, 0.3) is 0 Å². The molecule has 1 N–H and O–H groups in total. The van der Waals surface area contributed by atoms with Gasteiger partial charge in [0, 0.05) is 12.1 Å². The van der Waals surface area contributed by atoms with E-state index in [1.54, 1.807) is 7.11 Å². The van der Waals surface area contributed by atoms with Crippen LogP contribution in [-0.2, 0) is 0 Å². The summed E-state index contributed by atoms with van der Waals surface area (Å²) in [7, 11) is 1.70. The molecule has 1 aliphatic rings.